The summed E-state index contributed by atoms with van der Waals surface area (Å²) in [4.78, 5) is 16.2. The second kappa shape index (κ2) is 8.34. The number of aromatic nitrogens is 3. The number of hydrogen-bond donors (Lipinski definition) is 1. The van der Waals surface area contributed by atoms with Crippen molar-refractivity contribution >= 4 is 29.7 Å². The molecule has 0 atom stereocenters. The Hall–Kier alpha value is -1.48. The van der Waals surface area contributed by atoms with Crippen LogP contribution in [0.1, 0.15) is 65.5 Å². The molecule has 1 aliphatic carbocycles. The molecule has 2 fully saturated rings. The van der Waals surface area contributed by atoms with Crippen LogP contribution >= 0.6 is 23.7 Å². The fourth-order valence-corrected chi connectivity index (χ4v) is 6.05. The number of rotatable bonds is 2. The summed E-state index contributed by atoms with van der Waals surface area (Å²) in [6, 6.07) is 2.83. The number of nitrogens with zero attached hydrogens (tertiary/aromatic N) is 4. The minimum atomic E-state index is -0.197. The van der Waals surface area contributed by atoms with Crippen LogP contribution in [-0.2, 0) is 16.8 Å². The van der Waals surface area contributed by atoms with Crippen LogP contribution in [0.4, 0.5) is 0 Å². The van der Waals surface area contributed by atoms with Gasteiger partial charge in [0.2, 0.25) is 0 Å². The number of carbonyl (C=O) groups is 1. The molecule has 9 heteroatoms. The van der Waals surface area contributed by atoms with E-state index in [4.69, 9.17) is 10.5 Å². The summed E-state index contributed by atoms with van der Waals surface area (Å²) in [5.41, 5.74) is 7.67. The zero-order valence-electron chi connectivity index (χ0n) is 16.5. The molecule has 2 N–H and O–H groups in total. The smallest absolute Gasteiger partial charge is 0.276 e. The zero-order chi connectivity index (χ0) is 19.1. The van der Waals surface area contributed by atoms with E-state index in [0.29, 0.717) is 30.9 Å². The molecule has 29 heavy (non-hydrogen) atoms. The molecule has 2 aliphatic heterocycles. The van der Waals surface area contributed by atoms with Gasteiger partial charge in [0.25, 0.3) is 5.91 Å². The van der Waals surface area contributed by atoms with Crippen LogP contribution in [0.2, 0.25) is 0 Å². The van der Waals surface area contributed by atoms with E-state index < -0.39 is 0 Å². The minimum Gasteiger partial charge on any atom is -0.369 e. The monoisotopic (exact) mass is 437 g/mol. The minimum absolute atomic E-state index is 0. The summed E-state index contributed by atoms with van der Waals surface area (Å²) in [5, 5.41) is 10.6. The van der Waals surface area contributed by atoms with Gasteiger partial charge in [-0.1, -0.05) is 5.21 Å². The topological polar surface area (TPSA) is 86.3 Å². The second-order valence-corrected chi connectivity index (χ2v) is 9.23. The van der Waals surface area contributed by atoms with E-state index in [-0.39, 0.29) is 23.9 Å². The first kappa shape index (κ1) is 20.8. The van der Waals surface area contributed by atoms with E-state index in [2.05, 4.69) is 21.8 Å². The number of piperidine rings is 1. The summed E-state index contributed by atoms with van der Waals surface area (Å²) in [7, 11) is 0. The quantitative estimate of drug-likeness (QED) is 0.780. The maximum Gasteiger partial charge on any atom is 0.276 e. The highest BCUT2D eigenvalue weighted by Crippen LogP contribution is 2.44. The number of fused-ring (bicyclic) bond motifs is 2. The SMILES string of the molecule is Cl.NC1CCC(n2cc(C(=O)N3CCC4(CC3)OCCc3ccsc34)nn2)CC1. The molecule has 1 saturated carbocycles. The van der Waals surface area contributed by atoms with Crippen LogP contribution in [0, 0.1) is 0 Å². The Balaban J connectivity index is 0.00000205. The third kappa shape index (κ3) is 3.83. The molecular weight excluding hydrogens is 410 g/mol. The van der Waals surface area contributed by atoms with E-state index in [1.807, 2.05) is 15.8 Å². The number of likely N-dealkylation sites (tertiary alicyclic amines) is 1. The van der Waals surface area contributed by atoms with Gasteiger partial charge in [0.15, 0.2) is 5.69 Å². The van der Waals surface area contributed by atoms with E-state index >= 15 is 0 Å². The molecule has 2 aromatic heterocycles. The Bertz CT molecular complexity index is 853. The van der Waals surface area contributed by atoms with Gasteiger partial charge in [-0.15, -0.1) is 28.8 Å². The van der Waals surface area contributed by atoms with Crippen molar-refractivity contribution in [3.63, 3.8) is 0 Å². The van der Waals surface area contributed by atoms with Crippen LogP contribution in [-0.4, -0.2) is 51.5 Å². The van der Waals surface area contributed by atoms with Gasteiger partial charge >= 0.3 is 0 Å². The van der Waals surface area contributed by atoms with Gasteiger partial charge < -0.3 is 15.4 Å². The van der Waals surface area contributed by atoms with E-state index in [1.165, 1.54) is 10.4 Å². The highest BCUT2D eigenvalue weighted by molar-refractivity contribution is 7.10. The summed E-state index contributed by atoms with van der Waals surface area (Å²) < 4.78 is 8.12. The maximum atomic E-state index is 13.0. The predicted molar refractivity (Wildman–Crippen MR) is 114 cm³/mol. The van der Waals surface area contributed by atoms with Crippen molar-refractivity contribution in [2.75, 3.05) is 19.7 Å². The third-order valence-corrected chi connectivity index (χ3v) is 7.76. The van der Waals surface area contributed by atoms with Crippen LogP contribution in [0.25, 0.3) is 0 Å². The number of thiophene rings is 1. The Labute approximate surface area is 181 Å². The predicted octanol–water partition coefficient (Wildman–Crippen LogP) is 2.91. The van der Waals surface area contributed by atoms with Gasteiger partial charge in [-0.05, 0) is 62.0 Å². The van der Waals surface area contributed by atoms with E-state index in [1.54, 1.807) is 11.3 Å². The Morgan fingerprint density at radius 2 is 2.00 bits per heavy atom. The fourth-order valence-electron chi connectivity index (χ4n) is 4.88. The van der Waals surface area contributed by atoms with Crippen molar-refractivity contribution < 1.29 is 9.53 Å². The molecule has 0 unspecified atom stereocenters. The molecule has 2 aromatic rings. The fraction of sp³-hybridized carbons (Fsp3) is 0.650. The lowest BCUT2D eigenvalue weighted by molar-refractivity contribution is -0.0906. The summed E-state index contributed by atoms with van der Waals surface area (Å²) in [6.45, 7) is 2.17. The molecule has 5 rings (SSSR count). The Morgan fingerprint density at radius 1 is 1.24 bits per heavy atom. The van der Waals surface area contributed by atoms with Crippen molar-refractivity contribution in [3.05, 3.63) is 33.8 Å². The third-order valence-electron chi connectivity index (χ3n) is 6.61. The van der Waals surface area contributed by atoms with Crippen LogP contribution < -0.4 is 5.73 Å². The largest absolute Gasteiger partial charge is 0.369 e. The maximum absolute atomic E-state index is 13.0. The lowest BCUT2D eigenvalue weighted by Gasteiger charge is -2.43. The Morgan fingerprint density at radius 3 is 2.76 bits per heavy atom. The lowest BCUT2D eigenvalue weighted by Crippen LogP contribution is -2.48. The second-order valence-electron chi connectivity index (χ2n) is 8.31. The van der Waals surface area contributed by atoms with E-state index in [0.717, 1.165) is 51.6 Å². The lowest BCUT2D eigenvalue weighted by atomic mass is 9.85. The van der Waals surface area contributed by atoms with Crippen LogP contribution in [0.15, 0.2) is 17.6 Å². The van der Waals surface area contributed by atoms with Gasteiger partial charge in [-0.25, -0.2) is 4.68 Å². The molecule has 158 valence electrons. The first-order valence-electron chi connectivity index (χ1n) is 10.3. The first-order valence-corrected chi connectivity index (χ1v) is 11.2. The van der Waals surface area contributed by atoms with Gasteiger partial charge in [-0.2, -0.15) is 0 Å². The van der Waals surface area contributed by atoms with Crippen molar-refractivity contribution in [1.82, 2.24) is 19.9 Å². The molecule has 1 spiro atoms. The molecule has 4 heterocycles. The molecule has 1 saturated heterocycles. The number of hydrogen-bond acceptors (Lipinski definition) is 6. The summed E-state index contributed by atoms with van der Waals surface area (Å²) >= 11 is 1.79. The van der Waals surface area contributed by atoms with Crippen molar-refractivity contribution in [2.45, 2.75) is 62.6 Å². The first-order chi connectivity index (χ1) is 13.6. The zero-order valence-corrected chi connectivity index (χ0v) is 18.1. The average Bonchev–Trinajstić information content (AvgIpc) is 3.39. The highest BCUT2D eigenvalue weighted by atomic mass is 35.5. The number of halogens is 1. The van der Waals surface area contributed by atoms with Crippen LogP contribution in [0.3, 0.4) is 0 Å². The average molecular weight is 438 g/mol. The summed E-state index contributed by atoms with van der Waals surface area (Å²) in [5.74, 6) is -0.0178. The summed E-state index contributed by atoms with van der Waals surface area (Å²) in [6.07, 6.45) is 8.54. The standard InChI is InChI=1S/C20H27N5O2S.ClH/c21-15-1-3-16(4-2-15)25-13-17(22-23-25)19(26)24-9-7-20(8-10-24)18-14(5-11-27-20)6-12-28-18;/h6,12-13,15-16H,1-5,7-11,21H2;1H. The number of carbonyl (C=O) groups excluding carboxylic acids is 1. The number of ether oxygens (including phenoxy) is 1. The van der Waals surface area contributed by atoms with Crippen molar-refractivity contribution in [1.29, 1.82) is 0 Å². The van der Waals surface area contributed by atoms with Gasteiger partial charge in [0.05, 0.1) is 18.8 Å². The molecular formula is C20H28ClN5O2S. The normalized spacial score (nSPS) is 26.0. The molecule has 3 aliphatic rings. The van der Waals surface area contributed by atoms with Gasteiger partial charge in [0, 0.05) is 24.0 Å². The molecule has 0 bridgehead atoms. The van der Waals surface area contributed by atoms with E-state index in [9.17, 15) is 4.79 Å². The molecule has 7 nitrogen and oxygen atoms in total. The highest BCUT2D eigenvalue weighted by Gasteiger charge is 2.43. The molecule has 0 aromatic carbocycles. The number of amides is 1. The van der Waals surface area contributed by atoms with Gasteiger partial charge in [0.1, 0.15) is 5.60 Å². The van der Waals surface area contributed by atoms with Crippen molar-refractivity contribution in [3.8, 4) is 0 Å². The van der Waals surface area contributed by atoms with Crippen molar-refractivity contribution in [2.24, 2.45) is 5.73 Å². The van der Waals surface area contributed by atoms with Gasteiger partial charge in [-0.3, -0.25) is 4.79 Å². The number of nitrogens with two attached hydrogens (primary N) is 1. The molecule has 0 radical (unpaired) electrons. The Kier molecular flexibility index (Phi) is 5.97. The molecule has 1 amide bonds. The van der Waals surface area contributed by atoms with Crippen LogP contribution in [0.5, 0.6) is 0 Å².